The molecule has 5 aromatic rings. The number of para-hydroxylation sites is 2. The average molecular weight is 534 g/mol. The van der Waals surface area contributed by atoms with Gasteiger partial charge in [-0.3, -0.25) is 4.31 Å². The lowest BCUT2D eigenvalue weighted by Gasteiger charge is -2.38. The molecule has 4 aromatic carbocycles. The van der Waals surface area contributed by atoms with Crippen LogP contribution >= 0.6 is 0 Å². The number of aryl methyl sites for hydroxylation is 1. The van der Waals surface area contributed by atoms with Gasteiger partial charge in [-0.15, -0.1) is 0 Å². The number of hydrogen-bond donors (Lipinski definition) is 1. The van der Waals surface area contributed by atoms with E-state index in [9.17, 15) is 8.42 Å². The van der Waals surface area contributed by atoms with Crippen molar-refractivity contribution in [2.24, 2.45) is 5.92 Å². The Labute approximate surface area is 229 Å². The number of aromatic nitrogens is 1. The van der Waals surface area contributed by atoms with Gasteiger partial charge >= 0.3 is 0 Å². The van der Waals surface area contributed by atoms with E-state index in [1.165, 1.54) is 31.7 Å². The van der Waals surface area contributed by atoms with Gasteiger partial charge in [0, 0.05) is 47.0 Å². The molecule has 0 radical (unpaired) electrons. The molecule has 1 aromatic heterocycles. The molecule has 2 aliphatic rings. The molecule has 1 aliphatic heterocycles. The van der Waals surface area contributed by atoms with Crippen molar-refractivity contribution in [3.8, 4) is 0 Å². The molecule has 1 aliphatic carbocycles. The largest absolute Gasteiger partial charge is 0.378 e. The summed E-state index contributed by atoms with van der Waals surface area (Å²) in [5.74, 6) is 0.482. The smallest absolute Gasteiger partial charge is 0.264 e. The predicted molar refractivity (Wildman–Crippen MR) is 160 cm³/mol. The van der Waals surface area contributed by atoms with Crippen molar-refractivity contribution in [2.75, 3.05) is 16.7 Å². The van der Waals surface area contributed by atoms with E-state index in [0.29, 0.717) is 16.5 Å². The van der Waals surface area contributed by atoms with E-state index in [2.05, 4.69) is 71.4 Å². The molecule has 2 heterocycles. The quantitative estimate of drug-likeness (QED) is 0.239. The minimum absolute atomic E-state index is 0.139. The van der Waals surface area contributed by atoms with Gasteiger partial charge in [0.25, 0.3) is 10.0 Å². The molecule has 7 rings (SSSR count). The van der Waals surface area contributed by atoms with E-state index in [0.717, 1.165) is 24.2 Å². The van der Waals surface area contributed by atoms with Crippen molar-refractivity contribution in [1.82, 2.24) is 4.57 Å². The third-order valence-electron chi connectivity index (χ3n) is 8.58. The highest BCUT2D eigenvalue weighted by Gasteiger charge is 2.39. The highest BCUT2D eigenvalue weighted by molar-refractivity contribution is 7.92. The second-order valence-electron chi connectivity index (χ2n) is 10.6. The summed E-state index contributed by atoms with van der Waals surface area (Å²) >= 11 is 0. The first-order chi connectivity index (χ1) is 19.0. The van der Waals surface area contributed by atoms with Crippen molar-refractivity contribution >= 4 is 43.2 Å². The van der Waals surface area contributed by atoms with Crippen molar-refractivity contribution in [3.63, 3.8) is 0 Å². The Morgan fingerprint density at radius 2 is 1.67 bits per heavy atom. The van der Waals surface area contributed by atoms with Gasteiger partial charge in [0.1, 0.15) is 0 Å². The Hall–Kier alpha value is -4.03. The molecule has 3 atom stereocenters. The number of allylic oxidation sites excluding steroid dienone is 2. The molecule has 3 unspecified atom stereocenters. The molecule has 0 saturated heterocycles. The molecule has 6 heteroatoms. The molecular weight excluding hydrogens is 502 g/mol. The number of rotatable bonds is 5. The fourth-order valence-corrected chi connectivity index (χ4v) is 7.83. The van der Waals surface area contributed by atoms with Gasteiger partial charge < -0.3 is 9.88 Å². The van der Waals surface area contributed by atoms with E-state index < -0.39 is 10.0 Å². The Morgan fingerprint density at radius 3 is 2.49 bits per heavy atom. The number of nitrogens with one attached hydrogen (secondary N) is 1. The number of hydrogen-bond acceptors (Lipinski definition) is 3. The van der Waals surface area contributed by atoms with Crippen LogP contribution in [-0.4, -0.2) is 20.0 Å². The van der Waals surface area contributed by atoms with Crippen LogP contribution in [0.15, 0.2) is 108 Å². The minimum Gasteiger partial charge on any atom is -0.378 e. The van der Waals surface area contributed by atoms with E-state index in [1.807, 2.05) is 42.5 Å². The summed E-state index contributed by atoms with van der Waals surface area (Å²) in [7, 11) is -2.07. The van der Waals surface area contributed by atoms with Gasteiger partial charge in [0.05, 0.1) is 16.6 Å². The van der Waals surface area contributed by atoms with E-state index in [-0.39, 0.29) is 12.0 Å². The highest BCUT2D eigenvalue weighted by Crippen LogP contribution is 2.50. The maximum atomic E-state index is 13.5. The third-order valence-corrected chi connectivity index (χ3v) is 10.4. The fourth-order valence-electron chi connectivity index (χ4n) is 6.60. The highest BCUT2D eigenvalue weighted by atomic mass is 32.2. The van der Waals surface area contributed by atoms with Crippen LogP contribution in [0, 0.1) is 5.92 Å². The number of fused-ring (bicyclic) bond motifs is 6. The zero-order valence-electron chi connectivity index (χ0n) is 22.1. The van der Waals surface area contributed by atoms with Gasteiger partial charge in [-0.25, -0.2) is 8.42 Å². The van der Waals surface area contributed by atoms with Gasteiger partial charge in [-0.1, -0.05) is 54.6 Å². The summed E-state index contributed by atoms with van der Waals surface area (Å²) in [6.07, 6.45) is 5.46. The SMILES string of the molecule is CCn1c2ccccc2c2cc(C3Nc4ccc(S(=O)(=O)N(C)c5ccccc5)cc4C4C=CCC43)ccc21. The zero-order chi connectivity index (χ0) is 26.7. The summed E-state index contributed by atoms with van der Waals surface area (Å²) in [6.45, 7) is 3.12. The van der Waals surface area contributed by atoms with E-state index in [1.54, 1.807) is 13.1 Å². The van der Waals surface area contributed by atoms with Gasteiger partial charge in [0.2, 0.25) is 0 Å². The zero-order valence-corrected chi connectivity index (χ0v) is 22.9. The van der Waals surface area contributed by atoms with Gasteiger partial charge in [-0.05, 0) is 78.9 Å². The van der Waals surface area contributed by atoms with E-state index >= 15 is 0 Å². The molecular formula is C33H31N3O2S. The number of sulfonamides is 1. The number of anilines is 2. The van der Waals surface area contributed by atoms with Gasteiger partial charge in [0.15, 0.2) is 0 Å². The molecule has 0 spiro atoms. The first-order valence-electron chi connectivity index (χ1n) is 13.6. The lowest BCUT2D eigenvalue weighted by molar-refractivity contribution is 0.425. The first kappa shape index (κ1) is 24.0. The summed E-state index contributed by atoms with van der Waals surface area (Å²) < 4.78 is 30.8. The molecule has 0 amide bonds. The summed E-state index contributed by atoms with van der Waals surface area (Å²) in [5, 5.41) is 6.37. The van der Waals surface area contributed by atoms with Crippen molar-refractivity contribution in [1.29, 1.82) is 0 Å². The molecule has 5 nitrogen and oxygen atoms in total. The number of benzene rings is 4. The van der Waals surface area contributed by atoms with Crippen LogP contribution in [0.1, 0.15) is 36.4 Å². The van der Waals surface area contributed by atoms with Crippen molar-refractivity contribution in [2.45, 2.75) is 36.7 Å². The maximum absolute atomic E-state index is 13.5. The van der Waals surface area contributed by atoms with Crippen LogP contribution in [0.2, 0.25) is 0 Å². The van der Waals surface area contributed by atoms with Crippen LogP contribution in [-0.2, 0) is 16.6 Å². The lowest BCUT2D eigenvalue weighted by atomic mass is 9.77. The van der Waals surface area contributed by atoms with Gasteiger partial charge in [-0.2, -0.15) is 0 Å². The molecule has 39 heavy (non-hydrogen) atoms. The average Bonchev–Trinajstić information content (AvgIpc) is 3.59. The topological polar surface area (TPSA) is 54.3 Å². The summed E-state index contributed by atoms with van der Waals surface area (Å²) in [5.41, 5.74) is 6.50. The molecule has 0 fully saturated rings. The van der Waals surface area contributed by atoms with Crippen LogP contribution in [0.25, 0.3) is 21.8 Å². The van der Waals surface area contributed by atoms with Crippen LogP contribution in [0.5, 0.6) is 0 Å². The predicted octanol–water partition coefficient (Wildman–Crippen LogP) is 7.47. The maximum Gasteiger partial charge on any atom is 0.264 e. The Balaban J connectivity index is 1.28. The standard InChI is InChI=1S/C33H31N3O2S/c1-3-36-31-15-8-7-12-26(31)29-20-22(16-19-32(29)36)33-27-14-9-13-25(27)28-21-24(17-18-30(28)34-33)39(37,38)35(2)23-10-5-4-6-11-23/h4-13,15-21,25,27,33-34H,3,14H2,1-2H3. The third kappa shape index (κ3) is 3.69. The molecule has 0 saturated carbocycles. The van der Waals surface area contributed by atoms with E-state index in [4.69, 9.17) is 0 Å². The Kier molecular flexibility index (Phi) is 5.56. The van der Waals surface area contributed by atoms with Crippen LogP contribution < -0.4 is 9.62 Å². The van der Waals surface area contributed by atoms with Crippen LogP contribution in [0.4, 0.5) is 11.4 Å². The molecule has 196 valence electrons. The Bertz CT molecular complexity index is 1860. The van der Waals surface area contributed by atoms with Crippen molar-refractivity contribution < 1.29 is 8.42 Å². The molecule has 0 bridgehead atoms. The van der Waals surface area contributed by atoms with Crippen molar-refractivity contribution in [3.05, 3.63) is 114 Å². The fraction of sp³-hybridized carbons (Fsp3) is 0.212. The summed E-state index contributed by atoms with van der Waals surface area (Å²) in [4.78, 5) is 0.320. The first-order valence-corrected chi connectivity index (χ1v) is 15.0. The number of nitrogens with zero attached hydrogens (tertiary/aromatic N) is 2. The lowest BCUT2D eigenvalue weighted by Crippen LogP contribution is -2.30. The Morgan fingerprint density at radius 1 is 0.897 bits per heavy atom. The van der Waals surface area contributed by atoms with Crippen LogP contribution in [0.3, 0.4) is 0 Å². The second-order valence-corrected chi connectivity index (χ2v) is 12.5. The normalized spacial score (nSPS) is 20.1. The summed E-state index contributed by atoms with van der Waals surface area (Å²) in [6, 6.07) is 30.4. The minimum atomic E-state index is -3.69. The molecule has 1 N–H and O–H groups in total. The second kappa shape index (κ2) is 9.02. The monoisotopic (exact) mass is 533 g/mol.